The van der Waals surface area contributed by atoms with Gasteiger partial charge in [-0.2, -0.15) is 4.31 Å². The summed E-state index contributed by atoms with van der Waals surface area (Å²) in [5, 5.41) is 3.77. The lowest BCUT2D eigenvalue weighted by atomic mass is 10.2. The van der Waals surface area contributed by atoms with Crippen LogP contribution in [0.25, 0.3) is 11.2 Å². The van der Waals surface area contributed by atoms with E-state index in [1.54, 1.807) is 20.0 Å². The van der Waals surface area contributed by atoms with E-state index < -0.39 is 10.0 Å². The van der Waals surface area contributed by atoms with Crippen molar-refractivity contribution in [2.24, 2.45) is 0 Å². The first-order chi connectivity index (χ1) is 11.9. The van der Waals surface area contributed by atoms with Crippen molar-refractivity contribution in [3.63, 3.8) is 0 Å². The molecule has 132 valence electrons. The molecule has 9 heteroatoms. The van der Waals surface area contributed by atoms with Gasteiger partial charge in [0.1, 0.15) is 21.9 Å². The van der Waals surface area contributed by atoms with Crippen molar-refractivity contribution in [2.75, 3.05) is 13.1 Å². The Balaban J connectivity index is 1.69. The van der Waals surface area contributed by atoms with Gasteiger partial charge in [0.15, 0.2) is 11.4 Å². The Labute approximate surface area is 145 Å². The predicted molar refractivity (Wildman–Crippen MR) is 90.7 cm³/mol. The molecule has 1 atom stereocenters. The van der Waals surface area contributed by atoms with E-state index in [9.17, 15) is 8.42 Å². The zero-order valence-corrected chi connectivity index (χ0v) is 15.1. The van der Waals surface area contributed by atoms with Gasteiger partial charge in [-0.25, -0.2) is 18.4 Å². The van der Waals surface area contributed by atoms with Crippen molar-refractivity contribution in [1.29, 1.82) is 0 Å². The summed E-state index contributed by atoms with van der Waals surface area (Å²) in [7, 11) is -3.62. The van der Waals surface area contributed by atoms with Crippen LogP contribution in [0.15, 0.2) is 27.7 Å². The molecule has 0 N–H and O–H groups in total. The van der Waals surface area contributed by atoms with E-state index in [-0.39, 0.29) is 10.9 Å². The molecule has 1 unspecified atom stereocenters. The van der Waals surface area contributed by atoms with Gasteiger partial charge in [-0.1, -0.05) is 5.16 Å². The number of pyridine rings is 1. The molecule has 4 rings (SSSR count). The summed E-state index contributed by atoms with van der Waals surface area (Å²) in [6.45, 7) is 6.03. The third kappa shape index (κ3) is 2.46. The highest BCUT2D eigenvalue weighted by Crippen LogP contribution is 2.32. The lowest BCUT2D eigenvalue weighted by Gasteiger charge is -2.18. The zero-order chi connectivity index (χ0) is 17.8. The molecular weight excluding hydrogens is 342 g/mol. The Bertz CT molecular complexity index is 1030. The molecule has 0 spiro atoms. The Morgan fingerprint density at radius 1 is 1.28 bits per heavy atom. The van der Waals surface area contributed by atoms with Crippen LogP contribution in [-0.2, 0) is 10.0 Å². The van der Waals surface area contributed by atoms with Crippen LogP contribution in [0.1, 0.15) is 29.7 Å². The second kappa shape index (κ2) is 5.63. The largest absolute Gasteiger partial charge is 0.360 e. The average molecular weight is 361 g/mol. The van der Waals surface area contributed by atoms with E-state index in [1.165, 1.54) is 4.31 Å². The molecule has 0 radical (unpaired) electrons. The maximum atomic E-state index is 13.0. The van der Waals surface area contributed by atoms with E-state index in [4.69, 9.17) is 4.52 Å². The summed E-state index contributed by atoms with van der Waals surface area (Å²) in [5.41, 5.74) is 2.01. The number of hydrogen-bond donors (Lipinski definition) is 0. The normalized spacial score (nSPS) is 19.1. The average Bonchev–Trinajstić information content (AvgIpc) is 3.24. The second-order valence-corrected chi connectivity index (χ2v) is 8.21. The van der Waals surface area contributed by atoms with Crippen LogP contribution in [0.3, 0.4) is 0 Å². The topological polar surface area (TPSA) is 94.1 Å². The molecule has 0 amide bonds. The van der Waals surface area contributed by atoms with Gasteiger partial charge in [-0.15, -0.1) is 0 Å². The van der Waals surface area contributed by atoms with Gasteiger partial charge >= 0.3 is 0 Å². The van der Waals surface area contributed by atoms with Gasteiger partial charge in [0.05, 0.1) is 6.04 Å². The quantitative estimate of drug-likeness (QED) is 0.708. The van der Waals surface area contributed by atoms with Crippen LogP contribution in [-0.4, -0.2) is 45.5 Å². The van der Waals surface area contributed by atoms with Gasteiger partial charge in [-0.05, 0) is 39.3 Å². The van der Waals surface area contributed by atoms with Crippen molar-refractivity contribution < 1.29 is 12.9 Å². The third-order valence-electron chi connectivity index (χ3n) is 4.68. The summed E-state index contributed by atoms with van der Waals surface area (Å²) in [5.74, 6) is 1.17. The fourth-order valence-corrected chi connectivity index (χ4v) is 5.38. The van der Waals surface area contributed by atoms with Crippen LogP contribution in [0, 0.1) is 20.8 Å². The minimum Gasteiger partial charge on any atom is -0.360 e. The van der Waals surface area contributed by atoms with Crippen molar-refractivity contribution in [3.8, 4) is 0 Å². The molecular formula is C16H19N5O3S. The van der Waals surface area contributed by atoms with Crippen molar-refractivity contribution in [2.45, 2.75) is 38.1 Å². The van der Waals surface area contributed by atoms with Crippen molar-refractivity contribution in [1.82, 2.24) is 24.0 Å². The minimum atomic E-state index is -3.62. The van der Waals surface area contributed by atoms with Crippen molar-refractivity contribution in [3.05, 3.63) is 35.6 Å². The molecule has 3 aromatic rings. The molecule has 3 aromatic heterocycles. The number of imidazole rings is 1. The predicted octanol–water partition coefficient (Wildman–Crippen LogP) is 1.98. The van der Waals surface area contributed by atoms with Gasteiger partial charge in [0.2, 0.25) is 10.0 Å². The minimum absolute atomic E-state index is 0.00940. The summed E-state index contributed by atoms with van der Waals surface area (Å²) < 4.78 is 34.5. The summed E-state index contributed by atoms with van der Waals surface area (Å²) in [6, 6.07) is 3.77. The van der Waals surface area contributed by atoms with Gasteiger partial charge in [-0.3, -0.25) is 0 Å². The van der Waals surface area contributed by atoms with Crippen LogP contribution in [0.5, 0.6) is 0 Å². The molecule has 1 aliphatic heterocycles. The smallest absolute Gasteiger partial charge is 0.248 e. The van der Waals surface area contributed by atoms with E-state index in [0.29, 0.717) is 31.0 Å². The molecule has 1 aliphatic rings. The van der Waals surface area contributed by atoms with Crippen LogP contribution < -0.4 is 0 Å². The van der Waals surface area contributed by atoms with Crippen LogP contribution in [0.2, 0.25) is 0 Å². The SMILES string of the molecule is Cc1noc(C)c1S(=O)(=O)N1CCC(n2c(C)nc3cccnc32)C1. The monoisotopic (exact) mass is 361 g/mol. The number of sulfonamides is 1. The maximum Gasteiger partial charge on any atom is 0.248 e. The van der Waals surface area contributed by atoms with Crippen molar-refractivity contribution >= 4 is 21.2 Å². The second-order valence-electron chi connectivity index (χ2n) is 6.33. The molecule has 0 aromatic carbocycles. The molecule has 1 fully saturated rings. The Morgan fingerprint density at radius 2 is 2.08 bits per heavy atom. The highest BCUT2D eigenvalue weighted by molar-refractivity contribution is 7.89. The molecule has 0 bridgehead atoms. The number of nitrogens with zero attached hydrogens (tertiary/aromatic N) is 5. The maximum absolute atomic E-state index is 13.0. The van der Waals surface area contributed by atoms with E-state index in [2.05, 4.69) is 15.1 Å². The molecule has 4 heterocycles. The standard InChI is InChI=1S/C16H19N5O3S/c1-10-15(11(2)24-19-10)25(22,23)20-8-6-13(9-20)21-12(3)18-14-5-4-7-17-16(14)21/h4-5,7,13H,6,8-9H2,1-3H3. The van der Waals surface area contributed by atoms with Gasteiger partial charge < -0.3 is 9.09 Å². The first-order valence-electron chi connectivity index (χ1n) is 8.12. The van der Waals surface area contributed by atoms with Gasteiger partial charge in [0.25, 0.3) is 0 Å². The summed E-state index contributed by atoms with van der Waals surface area (Å²) in [4.78, 5) is 9.13. The molecule has 8 nitrogen and oxygen atoms in total. The molecule has 0 aliphatic carbocycles. The van der Waals surface area contributed by atoms with E-state index >= 15 is 0 Å². The Morgan fingerprint density at radius 3 is 2.80 bits per heavy atom. The number of aryl methyl sites for hydroxylation is 3. The fourth-order valence-electron chi connectivity index (χ4n) is 3.59. The molecule has 25 heavy (non-hydrogen) atoms. The highest BCUT2D eigenvalue weighted by Gasteiger charge is 2.37. The number of hydrogen-bond acceptors (Lipinski definition) is 6. The van der Waals surface area contributed by atoms with E-state index in [0.717, 1.165) is 17.0 Å². The molecule has 0 saturated carbocycles. The summed E-state index contributed by atoms with van der Waals surface area (Å²) in [6.07, 6.45) is 2.44. The van der Waals surface area contributed by atoms with E-state index in [1.807, 2.05) is 23.6 Å². The lowest BCUT2D eigenvalue weighted by Crippen LogP contribution is -2.30. The fraction of sp³-hybridized carbons (Fsp3) is 0.438. The van der Waals surface area contributed by atoms with Crippen LogP contribution in [0.4, 0.5) is 0 Å². The number of rotatable bonds is 3. The summed E-state index contributed by atoms with van der Waals surface area (Å²) >= 11 is 0. The Kier molecular flexibility index (Phi) is 3.66. The lowest BCUT2D eigenvalue weighted by molar-refractivity contribution is 0.389. The van der Waals surface area contributed by atoms with Crippen LogP contribution >= 0.6 is 0 Å². The number of aromatic nitrogens is 4. The zero-order valence-electron chi connectivity index (χ0n) is 14.3. The van der Waals surface area contributed by atoms with Gasteiger partial charge in [0, 0.05) is 19.3 Å². The first-order valence-corrected chi connectivity index (χ1v) is 9.56. The Hall–Kier alpha value is -2.26. The third-order valence-corrected chi connectivity index (χ3v) is 6.79. The highest BCUT2D eigenvalue weighted by atomic mass is 32.2. The number of fused-ring (bicyclic) bond motifs is 1. The molecule has 1 saturated heterocycles. The first kappa shape index (κ1) is 16.2.